The summed E-state index contributed by atoms with van der Waals surface area (Å²) in [4.78, 5) is 9.17. The first-order valence-electron chi connectivity index (χ1n) is 9.35. The van der Waals surface area contributed by atoms with Crippen LogP contribution < -0.4 is 10.1 Å². The summed E-state index contributed by atoms with van der Waals surface area (Å²) < 4.78 is 9.44. The topological polar surface area (TPSA) is 82.7 Å². The second kappa shape index (κ2) is 7.67. The predicted octanol–water partition coefficient (Wildman–Crippen LogP) is 3.26. The average molecular weight is 377 g/mol. The van der Waals surface area contributed by atoms with Gasteiger partial charge in [-0.25, -0.2) is 9.97 Å². The lowest BCUT2D eigenvalue weighted by atomic mass is 10.1. The highest BCUT2D eigenvalue weighted by molar-refractivity contribution is 5.91. The van der Waals surface area contributed by atoms with Crippen molar-refractivity contribution < 1.29 is 4.74 Å². The van der Waals surface area contributed by atoms with Gasteiger partial charge >= 0.3 is 0 Å². The summed E-state index contributed by atoms with van der Waals surface area (Å²) in [5.41, 5.74) is 5.55. The van der Waals surface area contributed by atoms with Gasteiger partial charge in [0.25, 0.3) is 0 Å². The number of anilines is 1. The number of hydrogen-bond donors (Lipinski definition) is 1. The Balaban J connectivity index is 1.79. The molecule has 8 heteroatoms. The van der Waals surface area contributed by atoms with Crippen LogP contribution in [0.2, 0.25) is 0 Å². The summed E-state index contributed by atoms with van der Waals surface area (Å²) in [5.74, 6) is 0.581. The molecule has 8 nitrogen and oxygen atoms in total. The van der Waals surface area contributed by atoms with E-state index >= 15 is 0 Å². The summed E-state index contributed by atoms with van der Waals surface area (Å²) in [6.45, 7) is 5.99. The zero-order chi connectivity index (χ0) is 19.5. The number of aromatic nitrogens is 6. The number of aryl methyl sites for hydroxylation is 2. The largest absolute Gasteiger partial charge is 0.477 e. The van der Waals surface area contributed by atoms with Gasteiger partial charge in [0.1, 0.15) is 11.0 Å². The van der Waals surface area contributed by atoms with Gasteiger partial charge in [-0.15, -0.1) is 0 Å². The molecule has 0 radical (unpaired) electrons. The van der Waals surface area contributed by atoms with Crippen LogP contribution in [0.4, 0.5) is 5.69 Å². The average Bonchev–Trinajstić information content (AvgIpc) is 3.32. The van der Waals surface area contributed by atoms with Gasteiger partial charge in [0.2, 0.25) is 5.88 Å². The first-order valence-corrected chi connectivity index (χ1v) is 9.35. The summed E-state index contributed by atoms with van der Waals surface area (Å²) in [6, 6.07) is 5.90. The molecule has 28 heavy (non-hydrogen) atoms. The minimum Gasteiger partial charge on any atom is -0.477 e. The van der Waals surface area contributed by atoms with Crippen LogP contribution in [0.1, 0.15) is 19.4 Å². The molecule has 0 amide bonds. The van der Waals surface area contributed by atoms with E-state index < -0.39 is 0 Å². The first kappa shape index (κ1) is 18.0. The van der Waals surface area contributed by atoms with Crippen molar-refractivity contribution in [3.8, 4) is 17.1 Å². The summed E-state index contributed by atoms with van der Waals surface area (Å²) >= 11 is 0. The van der Waals surface area contributed by atoms with E-state index in [1.54, 1.807) is 17.1 Å². The van der Waals surface area contributed by atoms with Crippen molar-refractivity contribution >= 4 is 16.7 Å². The van der Waals surface area contributed by atoms with Crippen molar-refractivity contribution in [2.45, 2.75) is 26.9 Å². The molecule has 144 valence electrons. The number of pyridine rings is 2. The van der Waals surface area contributed by atoms with E-state index in [0.29, 0.717) is 19.0 Å². The van der Waals surface area contributed by atoms with E-state index in [9.17, 15) is 0 Å². The summed E-state index contributed by atoms with van der Waals surface area (Å²) in [5, 5.41) is 12.2. The van der Waals surface area contributed by atoms with E-state index in [4.69, 9.17) is 9.72 Å². The van der Waals surface area contributed by atoms with Crippen molar-refractivity contribution in [1.82, 2.24) is 29.5 Å². The van der Waals surface area contributed by atoms with E-state index in [-0.39, 0.29) is 0 Å². The molecular weight excluding hydrogens is 354 g/mol. The zero-order valence-electron chi connectivity index (χ0n) is 16.3. The molecule has 4 aromatic rings. The van der Waals surface area contributed by atoms with Crippen LogP contribution in [0.5, 0.6) is 5.88 Å². The van der Waals surface area contributed by atoms with Gasteiger partial charge in [-0.1, -0.05) is 0 Å². The number of rotatable bonds is 7. The number of fused-ring (bicyclic) bond motifs is 1. The maximum Gasteiger partial charge on any atom is 0.222 e. The summed E-state index contributed by atoms with van der Waals surface area (Å²) in [7, 11) is 1.91. The smallest absolute Gasteiger partial charge is 0.222 e. The monoisotopic (exact) mass is 377 g/mol. The molecule has 4 rings (SSSR count). The van der Waals surface area contributed by atoms with Gasteiger partial charge in [0.05, 0.1) is 35.9 Å². The highest BCUT2D eigenvalue weighted by Crippen LogP contribution is 2.32. The maximum absolute atomic E-state index is 5.70. The third-order valence-corrected chi connectivity index (χ3v) is 4.47. The van der Waals surface area contributed by atoms with Gasteiger partial charge in [-0.2, -0.15) is 10.2 Å². The molecule has 0 atom stereocenters. The van der Waals surface area contributed by atoms with E-state index in [2.05, 4.69) is 27.4 Å². The fourth-order valence-electron chi connectivity index (χ4n) is 3.21. The maximum atomic E-state index is 5.70. The van der Waals surface area contributed by atoms with Crippen LogP contribution >= 0.6 is 0 Å². The van der Waals surface area contributed by atoms with Crippen molar-refractivity contribution in [2.24, 2.45) is 7.05 Å². The minimum absolute atomic E-state index is 0.548. The Morgan fingerprint density at radius 3 is 2.82 bits per heavy atom. The molecule has 0 spiro atoms. The lowest BCUT2D eigenvalue weighted by molar-refractivity contribution is 0.328. The van der Waals surface area contributed by atoms with Crippen LogP contribution in [0.15, 0.2) is 43.0 Å². The van der Waals surface area contributed by atoms with Crippen LogP contribution in [-0.2, 0) is 20.1 Å². The highest BCUT2D eigenvalue weighted by atomic mass is 16.5. The molecule has 0 unspecified atom stereocenters. The molecule has 0 saturated heterocycles. The SMILES string of the molecule is CCOc1ncccc1-c1cc(NCc2cnn(C)c2)c2c(cnn2CC)n1. The highest BCUT2D eigenvalue weighted by Gasteiger charge is 2.15. The Morgan fingerprint density at radius 1 is 1.18 bits per heavy atom. The van der Waals surface area contributed by atoms with Crippen LogP contribution in [0.3, 0.4) is 0 Å². The van der Waals surface area contributed by atoms with Gasteiger partial charge < -0.3 is 10.1 Å². The first-order chi connectivity index (χ1) is 13.7. The molecule has 0 bridgehead atoms. The Labute approximate surface area is 163 Å². The number of ether oxygens (including phenoxy) is 1. The fourth-order valence-corrected chi connectivity index (χ4v) is 3.21. The number of nitrogens with zero attached hydrogens (tertiary/aromatic N) is 6. The molecule has 0 aliphatic heterocycles. The second-order valence-electron chi connectivity index (χ2n) is 6.41. The van der Waals surface area contributed by atoms with Gasteiger partial charge in [-0.05, 0) is 32.0 Å². The van der Waals surface area contributed by atoms with Gasteiger partial charge in [0.15, 0.2) is 0 Å². The minimum atomic E-state index is 0.548. The second-order valence-corrected chi connectivity index (χ2v) is 6.41. The van der Waals surface area contributed by atoms with E-state index in [1.165, 1.54) is 0 Å². The van der Waals surface area contributed by atoms with Crippen molar-refractivity contribution in [1.29, 1.82) is 0 Å². The summed E-state index contributed by atoms with van der Waals surface area (Å²) in [6.07, 6.45) is 7.38. The van der Waals surface area contributed by atoms with E-state index in [1.807, 2.05) is 49.2 Å². The molecule has 0 aromatic carbocycles. The van der Waals surface area contributed by atoms with Crippen LogP contribution in [0, 0.1) is 0 Å². The molecule has 4 aromatic heterocycles. The third-order valence-electron chi connectivity index (χ3n) is 4.47. The van der Waals surface area contributed by atoms with Crippen molar-refractivity contribution in [3.05, 3.63) is 48.5 Å². The Hall–Kier alpha value is -3.42. The molecule has 0 fully saturated rings. The molecule has 0 aliphatic carbocycles. The number of hydrogen-bond acceptors (Lipinski definition) is 6. The van der Waals surface area contributed by atoms with Gasteiger partial charge in [0, 0.05) is 38.1 Å². The number of nitrogens with one attached hydrogen (secondary N) is 1. The molecule has 0 aliphatic rings. The van der Waals surface area contributed by atoms with Crippen LogP contribution in [-0.4, -0.2) is 36.1 Å². The Morgan fingerprint density at radius 2 is 2.07 bits per heavy atom. The van der Waals surface area contributed by atoms with Crippen molar-refractivity contribution in [3.63, 3.8) is 0 Å². The molecule has 1 N–H and O–H groups in total. The normalized spacial score (nSPS) is 11.1. The van der Waals surface area contributed by atoms with Crippen LogP contribution in [0.25, 0.3) is 22.3 Å². The quantitative estimate of drug-likeness (QED) is 0.532. The lowest BCUT2D eigenvalue weighted by Gasteiger charge is -2.13. The van der Waals surface area contributed by atoms with Gasteiger partial charge in [-0.3, -0.25) is 9.36 Å². The predicted molar refractivity (Wildman–Crippen MR) is 108 cm³/mol. The lowest BCUT2D eigenvalue weighted by Crippen LogP contribution is -2.05. The standard InChI is InChI=1S/C20H23N7O/c1-4-27-19-17(22-10-14-11-23-26(3)13-14)9-16(25-18(19)12-24-27)15-7-6-8-21-20(15)28-5-2/h6-9,11-13H,4-5,10H2,1-3H3,(H,22,25). The van der Waals surface area contributed by atoms with Crippen molar-refractivity contribution in [2.75, 3.05) is 11.9 Å². The fraction of sp³-hybridized carbons (Fsp3) is 0.300. The molecule has 4 heterocycles. The Bertz CT molecular complexity index is 1100. The molecule has 0 saturated carbocycles. The zero-order valence-corrected chi connectivity index (χ0v) is 16.3. The Kier molecular flexibility index (Phi) is 4.92. The third kappa shape index (κ3) is 3.40. The molecular formula is C20H23N7O. The van der Waals surface area contributed by atoms with E-state index in [0.717, 1.165) is 40.1 Å².